The van der Waals surface area contributed by atoms with Gasteiger partial charge in [0.1, 0.15) is 5.75 Å². The first-order valence-corrected chi connectivity index (χ1v) is 8.73. The summed E-state index contributed by atoms with van der Waals surface area (Å²) < 4.78 is 68.0. The van der Waals surface area contributed by atoms with Crippen LogP contribution in [0.15, 0.2) is 76.7 Å². The van der Waals surface area contributed by atoms with Gasteiger partial charge in [0.15, 0.2) is 5.69 Å². The van der Waals surface area contributed by atoms with Crippen molar-refractivity contribution in [3.8, 4) is 11.8 Å². The zero-order valence-corrected chi connectivity index (χ0v) is 13.8. The summed E-state index contributed by atoms with van der Waals surface area (Å²) in [6.45, 7) is 0. The molecular weight excluding hydrogens is 369 g/mol. The van der Waals surface area contributed by atoms with Crippen LogP contribution in [0.25, 0.3) is 0 Å². The summed E-state index contributed by atoms with van der Waals surface area (Å²) in [5.74, 6) is 0.108. The molecule has 3 aromatic rings. The zero-order valence-electron chi connectivity index (χ0n) is 13.0. The van der Waals surface area contributed by atoms with Crippen LogP contribution in [0.4, 0.5) is 13.2 Å². The van der Waals surface area contributed by atoms with E-state index in [9.17, 15) is 21.6 Å². The highest BCUT2D eigenvalue weighted by molar-refractivity contribution is 7.91. The van der Waals surface area contributed by atoms with Crippen LogP contribution >= 0.6 is 0 Å². The first-order chi connectivity index (χ1) is 12.3. The lowest BCUT2D eigenvalue weighted by Gasteiger charge is -2.09. The number of sulfone groups is 1. The van der Waals surface area contributed by atoms with Crippen molar-refractivity contribution >= 4 is 9.84 Å². The van der Waals surface area contributed by atoms with Crippen molar-refractivity contribution < 1.29 is 26.3 Å². The van der Waals surface area contributed by atoms with Gasteiger partial charge in [0.05, 0.1) is 9.79 Å². The SMILES string of the molecule is O=S(=O)(c1ccccc1)c1ccc(Oc2nccc(C(F)(F)F)n2)cc1. The third-order valence-electron chi connectivity index (χ3n) is 3.32. The van der Waals surface area contributed by atoms with Gasteiger partial charge in [-0.1, -0.05) is 18.2 Å². The number of rotatable bonds is 4. The van der Waals surface area contributed by atoms with Crippen molar-refractivity contribution in [1.82, 2.24) is 9.97 Å². The monoisotopic (exact) mass is 380 g/mol. The fraction of sp³-hybridized carbons (Fsp3) is 0.0588. The molecule has 3 rings (SSSR count). The lowest BCUT2D eigenvalue weighted by Crippen LogP contribution is -2.08. The standard InChI is InChI=1S/C17H11F3N2O3S/c18-17(19,20)15-10-11-21-16(22-15)25-12-6-8-14(9-7-12)26(23,24)13-4-2-1-3-5-13/h1-11H. The van der Waals surface area contributed by atoms with Crippen LogP contribution in [0.5, 0.6) is 11.8 Å². The minimum atomic E-state index is -4.62. The van der Waals surface area contributed by atoms with Crippen molar-refractivity contribution in [2.45, 2.75) is 16.0 Å². The summed E-state index contributed by atoms with van der Waals surface area (Å²) in [5.41, 5.74) is -1.13. The van der Waals surface area contributed by atoms with Gasteiger partial charge >= 0.3 is 12.2 Å². The molecule has 0 fully saturated rings. The summed E-state index contributed by atoms with van der Waals surface area (Å²) in [5, 5.41) is 0. The molecule has 0 unspecified atom stereocenters. The molecule has 0 saturated heterocycles. The Labute approximate surface area is 147 Å². The Morgan fingerprint density at radius 1 is 0.846 bits per heavy atom. The second-order valence-electron chi connectivity index (χ2n) is 5.11. The molecule has 9 heteroatoms. The van der Waals surface area contributed by atoms with Gasteiger partial charge in [-0.25, -0.2) is 13.4 Å². The van der Waals surface area contributed by atoms with Gasteiger partial charge < -0.3 is 4.74 Å². The van der Waals surface area contributed by atoms with E-state index in [4.69, 9.17) is 4.74 Å². The molecule has 0 aliphatic heterocycles. The molecule has 0 atom stereocenters. The van der Waals surface area contributed by atoms with Crippen molar-refractivity contribution in [2.75, 3.05) is 0 Å². The third-order valence-corrected chi connectivity index (χ3v) is 5.11. The normalized spacial score (nSPS) is 12.0. The summed E-state index contributed by atoms with van der Waals surface area (Å²) in [6, 6.07) is 13.3. The van der Waals surface area contributed by atoms with Crippen LogP contribution in [0, 0.1) is 0 Å². The fourth-order valence-electron chi connectivity index (χ4n) is 2.08. The molecule has 1 heterocycles. The van der Waals surface area contributed by atoms with Gasteiger partial charge in [-0.05, 0) is 42.5 Å². The molecule has 0 aliphatic carbocycles. The Morgan fingerprint density at radius 2 is 1.46 bits per heavy atom. The van der Waals surface area contributed by atoms with Gasteiger partial charge in [-0.15, -0.1) is 0 Å². The summed E-state index contributed by atoms with van der Waals surface area (Å²) >= 11 is 0. The summed E-state index contributed by atoms with van der Waals surface area (Å²) in [4.78, 5) is 7.06. The number of ether oxygens (including phenoxy) is 1. The maximum Gasteiger partial charge on any atom is 0.433 e. The molecule has 5 nitrogen and oxygen atoms in total. The van der Waals surface area contributed by atoms with Gasteiger partial charge in [0, 0.05) is 6.20 Å². The van der Waals surface area contributed by atoms with E-state index in [-0.39, 0.29) is 15.5 Å². The Kier molecular flexibility index (Phi) is 4.64. The van der Waals surface area contributed by atoms with Crippen LogP contribution < -0.4 is 4.74 Å². The van der Waals surface area contributed by atoms with Crippen LogP contribution in [-0.4, -0.2) is 18.4 Å². The van der Waals surface area contributed by atoms with Crippen molar-refractivity contribution in [2.24, 2.45) is 0 Å². The molecule has 26 heavy (non-hydrogen) atoms. The molecule has 0 saturated carbocycles. The largest absolute Gasteiger partial charge is 0.433 e. The summed E-state index contributed by atoms with van der Waals surface area (Å²) in [7, 11) is -3.69. The van der Waals surface area contributed by atoms with Crippen molar-refractivity contribution in [3.63, 3.8) is 0 Å². The van der Waals surface area contributed by atoms with E-state index >= 15 is 0 Å². The first-order valence-electron chi connectivity index (χ1n) is 7.25. The number of alkyl halides is 3. The van der Waals surface area contributed by atoms with E-state index in [0.29, 0.717) is 0 Å². The van der Waals surface area contributed by atoms with Crippen LogP contribution in [0.1, 0.15) is 5.69 Å². The molecule has 0 aliphatic rings. The van der Waals surface area contributed by atoms with E-state index in [0.717, 1.165) is 12.3 Å². The quantitative estimate of drug-likeness (QED) is 0.681. The average molecular weight is 380 g/mol. The van der Waals surface area contributed by atoms with Crippen LogP contribution in [0.2, 0.25) is 0 Å². The number of halogens is 3. The van der Waals surface area contributed by atoms with E-state index in [2.05, 4.69) is 9.97 Å². The van der Waals surface area contributed by atoms with Gasteiger partial charge in [0.25, 0.3) is 0 Å². The van der Waals surface area contributed by atoms with E-state index < -0.39 is 27.7 Å². The molecule has 134 valence electrons. The van der Waals surface area contributed by atoms with Gasteiger partial charge in [-0.3, -0.25) is 0 Å². The zero-order chi connectivity index (χ0) is 18.8. The second kappa shape index (κ2) is 6.75. The Morgan fingerprint density at radius 3 is 2.08 bits per heavy atom. The topological polar surface area (TPSA) is 69.2 Å². The predicted molar refractivity (Wildman–Crippen MR) is 85.4 cm³/mol. The highest BCUT2D eigenvalue weighted by atomic mass is 32.2. The van der Waals surface area contributed by atoms with Crippen LogP contribution in [-0.2, 0) is 16.0 Å². The number of benzene rings is 2. The van der Waals surface area contributed by atoms with Gasteiger partial charge in [-0.2, -0.15) is 18.2 Å². The first kappa shape index (κ1) is 17.9. The van der Waals surface area contributed by atoms with E-state index in [1.54, 1.807) is 18.2 Å². The number of hydrogen-bond donors (Lipinski definition) is 0. The van der Waals surface area contributed by atoms with E-state index in [1.165, 1.54) is 36.4 Å². The Balaban J connectivity index is 1.83. The molecule has 2 aromatic carbocycles. The molecule has 0 bridgehead atoms. The number of aromatic nitrogens is 2. The molecule has 0 N–H and O–H groups in total. The molecular formula is C17H11F3N2O3S. The molecule has 1 aromatic heterocycles. The van der Waals surface area contributed by atoms with Crippen molar-refractivity contribution in [3.05, 3.63) is 72.6 Å². The second-order valence-corrected chi connectivity index (χ2v) is 7.06. The van der Waals surface area contributed by atoms with Crippen LogP contribution in [0.3, 0.4) is 0 Å². The fourth-order valence-corrected chi connectivity index (χ4v) is 3.36. The minimum absolute atomic E-state index is 0.0287. The Hall–Kier alpha value is -2.94. The number of hydrogen-bond acceptors (Lipinski definition) is 5. The minimum Gasteiger partial charge on any atom is -0.424 e. The lowest BCUT2D eigenvalue weighted by atomic mass is 10.3. The predicted octanol–water partition coefficient (Wildman–Crippen LogP) is 4.12. The summed E-state index contributed by atoms with van der Waals surface area (Å²) in [6.07, 6.45) is -3.69. The highest BCUT2D eigenvalue weighted by Gasteiger charge is 2.33. The smallest absolute Gasteiger partial charge is 0.424 e. The molecule has 0 amide bonds. The lowest BCUT2D eigenvalue weighted by molar-refractivity contribution is -0.141. The highest BCUT2D eigenvalue weighted by Crippen LogP contribution is 2.29. The molecule has 0 spiro atoms. The molecule has 0 radical (unpaired) electrons. The maximum atomic E-state index is 12.6. The number of nitrogens with zero attached hydrogens (tertiary/aromatic N) is 2. The van der Waals surface area contributed by atoms with Crippen molar-refractivity contribution in [1.29, 1.82) is 0 Å². The van der Waals surface area contributed by atoms with Gasteiger partial charge in [0.2, 0.25) is 9.84 Å². The maximum absolute atomic E-state index is 12.6. The average Bonchev–Trinajstić information content (AvgIpc) is 2.62. The third kappa shape index (κ3) is 3.83. The van der Waals surface area contributed by atoms with E-state index in [1.807, 2.05) is 0 Å². The Bertz CT molecular complexity index is 1010.